The predicted molar refractivity (Wildman–Crippen MR) is 93.2 cm³/mol. The highest BCUT2D eigenvalue weighted by Gasteiger charge is 2.51. The van der Waals surface area contributed by atoms with E-state index in [-0.39, 0.29) is 30.4 Å². The number of carbonyl (C=O) groups excluding carboxylic acids is 1. The lowest BCUT2D eigenvalue weighted by Gasteiger charge is -2.38. The second-order valence-corrected chi connectivity index (χ2v) is 7.91. The number of benzene rings is 1. The van der Waals surface area contributed by atoms with Crippen molar-refractivity contribution in [3.63, 3.8) is 0 Å². The zero-order valence-corrected chi connectivity index (χ0v) is 14.2. The summed E-state index contributed by atoms with van der Waals surface area (Å²) >= 11 is 0. The quantitative estimate of drug-likeness (QED) is 0.840. The maximum atomic E-state index is 12.5. The molecule has 0 spiro atoms. The van der Waals surface area contributed by atoms with Crippen LogP contribution in [0.15, 0.2) is 30.3 Å². The standard InChI is InChI=1S/C20H28N2O2/c23-13-16-8-9-22(11-14-4-2-1-3-5-14)12-19(16)21-20(24)18-10-17(18)15-6-7-15/h1-5,15-19,23H,6-13H2,(H,21,24). The van der Waals surface area contributed by atoms with Gasteiger partial charge in [0.05, 0.1) is 0 Å². The van der Waals surface area contributed by atoms with Crippen LogP contribution in [0.1, 0.15) is 31.2 Å². The number of aliphatic hydroxyl groups is 1. The summed E-state index contributed by atoms with van der Waals surface area (Å²) in [5, 5.41) is 13.0. The van der Waals surface area contributed by atoms with Crippen molar-refractivity contribution in [2.75, 3.05) is 19.7 Å². The van der Waals surface area contributed by atoms with E-state index in [0.29, 0.717) is 5.92 Å². The van der Waals surface area contributed by atoms with Crippen LogP contribution >= 0.6 is 0 Å². The summed E-state index contributed by atoms with van der Waals surface area (Å²) in [5.41, 5.74) is 1.31. The summed E-state index contributed by atoms with van der Waals surface area (Å²) in [4.78, 5) is 14.9. The molecule has 0 radical (unpaired) electrons. The van der Waals surface area contributed by atoms with Gasteiger partial charge in [0, 0.05) is 37.6 Å². The van der Waals surface area contributed by atoms with E-state index in [2.05, 4.69) is 34.5 Å². The van der Waals surface area contributed by atoms with Gasteiger partial charge in [-0.2, -0.15) is 0 Å². The summed E-state index contributed by atoms with van der Waals surface area (Å²) in [5.74, 6) is 2.16. The number of piperidine rings is 1. The van der Waals surface area contributed by atoms with Gasteiger partial charge in [-0.1, -0.05) is 30.3 Å². The van der Waals surface area contributed by atoms with Gasteiger partial charge in [-0.15, -0.1) is 0 Å². The van der Waals surface area contributed by atoms with Gasteiger partial charge in [0.25, 0.3) is 0 Å². The first-order chi connectivity index (χ1) is 11.7. The van der Waals surface area contributed by atoms with Gasteiger partial charge in [0.2, 0.25) is 5.91 Å². The molecule has 2 aliphatic carbocycles. The second kappa shape index (κ2) is 6.85. The lowest BCUT2D eigenvalue weighted by molar-refractivity contribution is -0.124. The molecule has 0 bridgehead atoms. The largest absolute Gasteiger partial charge is 0.396 e. The van der Waals surface area contributed by atoms with Crippen LogP contribution < -0.4 is 5.32 Å². The normalized spacial score (nSPS) is 33.2. The highest BCUT2D eigenvalue weighted by Crippen LogP contribution is 2.54. The molecule has 2 N–H and O–H groups in total. The molecule has 130 valence electrons. The third-order valence-electron chi connectivity index (χ3n) is 6.06. The Morgan fingerprint density at radius 2 is 2.00 bits per heavy atom. The number of likely N-dealkylation sites (tertiary alicyclic amines) is 1. The Labute approximate surface area is 144 Å². The predicted octanol–water partition coefficient (Wildman–Crippen LogP) is 2.03. The van der Waals surface area contributed by atoms with E-state index in [1.807, 2.05) is 6.07 Å². The van der Waals surface area contributed by atoms with Gasteiger partial charge in [-0.3, -0.25) is 9.69 Å². The molecule has 24 heavy (non-hydrogen) atoms. The maximum absolute atomic E-state index is 12.5. The first kappa shape index (κ1) is 16.1. The smallest absolute Gasteiger partial charge is 0.223 e. The Bertz CT molecular complexity index is 572. The zero-order valence-electron chi connectivity index (χ0n) is 14.2. The Kier molecular flexibility index (Phi) is 4.59. The average Bonchev–Trinajstić information content (AvgIpc) is 3.48. The number of amides is 1. The van der Waals surface area contributed by atoms with Crippen LogP contribution in [0.2, 0.25) is 0 Å². The number of nitrogens with one attached hydrogen (secondary N) is 1. The van der Waals surface area contributed by atoms with Crippen molar-refractivity contribution in [1.82, 2.24) is 10.2 Å². The van der Waals surface area contributed by atoms with Crippen molar-refractivity contribution in [2.24, 2.45) is 23.7 Å². The Balaban J connectivity index is 1.33. The maximum Gasteiger partial charge on any atom is 0.223 e. The Morgan fingerprint density at radius 3 is 2.71 bits per heavy atom. The van der Waals surface area contributed by atoms with Crippen LogP contribution in [-0.4, -0.2) is 41.7 Å². The fraction of sp³-hybridized carbons (Fsp3) is 0.650. The summed E-state index contributed by atoms with van der Waals surface area (Å²) in [6.45, 7) is 2.91. The number of rotatable bonds is 6. The van der Waals surface area contributed by atoms with Crippen LogP contribution in [0.4, 0.5) is 0 Å². The van der Waals surface area contributed by atoms with Gasteiger partial charge >= 0.3 is 0 Å². The topological polar surface area (TPSA) is 52.6 Å². The van der Waals surface area contributed by atoms with Crippen molar-refractivity contribution in [1.29, 1.82) is 0 Å². The van der Waals surface area contributed by atoms with Gasteiger partial charge in [-0.25, -0.2) is 0 Å². The van der Waals surface area contributed by atoms with Crippen LogP contribution in [0.25, 0.3) is 0 Å². The molecule has 4 rings (SSSR count). The number of hydrogen-bond acceptors (Lipinski definition) is 3. The highest BCUT2D eigenvalue weighted by molar-refractivity contribution is 5.82. The molecule has 2 saturated carbocycles. The van der Waals surface area contributed by atoms with Gasteiger partial charge in [0.1, 0.15) is 0 Å². The van der Waals surface area contributed by atoms with Crippen LogP contribution in [-0.2, 0) is 11.3 Å². The molecular weight excluding hydrogens is 300 g/mol. The van der Waals surface area contributed by atoms with Gasteiger partial charge < -0.3 is 10.4 Å². The average molecular weight is 328 g/mol. The lowest BCUT2D eigenvalue weighted by Crippen LogP contribution is -2.53. The van der Waals surface area contributed by atoms with Crippen LogP contribution in [0.5, 0.6) is 0 Å². The minimum atomic E-state index is 0.0837. The minimum Gasteiger partial charge on any atom is -0.396 e. The summed E-state index contributed by atoms with van der Waals surface area (Å²) < 4.78 is 0. The number of hydrogen-bond donors (Lipinski definition) is 2. The number of aliphatic hydroxyl groups excluding tert-OH is 1. The third-order valence-corrected chi connectivity index (χ3v) is 6.06. The minimum absolute atomic E-state index is 0.0837. The molecule has 1 aromatic carbocycles. The fourth-order valence-corrected chi connectivity index (χ4v) is 4.29. The third kappa shape index (κ3) is 3.65. The van der Waals surface area contributed by atoms with Crippen LogP contribution in [0.3, 0.4) is 0 Å². The van der Waals surface area contributed by atoms with E-state index in [9.17, 15) is 9.90 Å². The molecule has 0 aromatic heterocycles. The van der Waals surface area contributed by atoms with Gasteiger partial charge in [-0.05, 0) is 49.6 Å². The van der Waals surface area contributed by atoms with Crippen molar-refractivity contribution < 1.29 is 9.90 Å². The lowest BCUT2D eigenvalue weighted by atomic mass is 9.91. The Morgan fingerprint density at radius 1 is 1.21 bits per heavy atom. The van der Waals surface area contributed by atoms with Gasteiger partial charge in [0.15, 0.2) is 0 Å². The van der Waals surface area contributed by atoms with Crippen molar-refractivity contribution in [2.45, 2.75) is 38.3 Å². The second-order valence-electron chi connectivity index (χ2n) is 7.91. The molecular formula is C20H28N2O2. The molecule has 1 amide bonds. The molecule has 1 saturated heterocycles. The van der Waals surface area contributed by atoms with Crippen molar-refractivity contribution >= 4 is 5.91 Å². The SMILES string of the molecule is O=C(NC1CN(Cc2ccccc2)CCC1CO)C1CC1C1CC1. The van der Waals surface area contributed by atoms with E-state index in [0.717, 1.165) is 38.4 Å². The Hall–Kier alpha value is -1.39. The van der Waals surface area contributed by atoms with E-state index < -0.39 is 0 Å². The van der Waals surface area contributed by atoms with E-state index >= 15 is 0 Å². The zero-order chi connectivity index (χ0) is 16.5. The molecule has 3 aliphatic rings. The van der Waals surface area contributed by atoms with Crippen molar-refractivity contribution in [3.8, 4) is 0 Å². The number of nitrogens with zero attached hydrogens (tertiary/aromatic N) is 1. The first-order valence-electron chi connectivity index (χ1n) is 9.42. The summed E-state index contributed by atoms with van der Waals surface area (Å²) in [7, 11) is 0. The molecule has 1 aliphatic heterocycles. The summed E-state index contributed by atoms with van der Waals surface area (Å²) in [6.07, 6.45) is 4.68. The first-order valence-corrected chi connectivity index (χ1v) is 9.42. The molecule has 4 atom stereocenters. The van der Waals surface area contributed by atoms with E-state index in [4.69, 9.17) is 0 Å². The van der Waals surface area contributed by atoms with Crippen LogP contribution in [0, 0.1) is 23.7 Å². The molecule has 3 fully saturated rings. The number of carbonyl (C=O) groups is 1. The summed E-state index contributed by atoms with van der Waals surface area (Å²) in [6, 6.07) is 10.6. The molecule has 1 aromatic rings. The molecule has 4 unspecified atom stereocenters. The monoisotopic (exact) mass is 328 g/mol. The highest BCUT2D eigenvalue weighted by atomic mass is 16.3. The van der Waals surface area contributed by atoms with E-state index in [1.54, 1.807) is 0 Å². The fourth-order valence-electron chi connectivity index (χ4n) is 4.29. The molecule has 4 heteroatoms. The molecule has 4 nitrogen and oxygen atoms in total. The van der Waals surface area contributed by atoms with Crippen molar-refractivity contribution in [3.05, 3.63) is 35.9 Å². The molecule has 1 heterocycles. The van der Waals surface area contributed by atoms with E-state index in [1.165, 1.54) is 18.4 Å².